The van der Waals surface area contributed by atoms with Crippen LogP contribution in [0.15, 0.2) is 29.3 Å². The van der Waals surface area contributed by atoms with Crippen LogP contribution in [0.25, 0.3) is 0 Å². The lowest BCUT2D eigenvalue weighted by Gasteiger charge is -2.07. The van der Waals surface area contributed by atoms with Gasteiger partial charge in [0.1, 0.15) is 16.5 Å². The van der Waals surface area contributed by atoms with Crippen molar-refractivity contribution in [1.82, 2.24) is 10.2 Å². The highest BCUT2D eigenvalue weighted by Crippen LogP contribution is 2.21. The topological polar surface area (TPSA) is 101 Å². The summed E-state index contributed by atoms with van der Waals surface area (Å²) in [6, 6.07) is 2.14. The second kappa shape index (κ2) is 4.26. The minimum Gasteiger partial charge on any atom is -0.394 e. The average Bonchev–Trinajstić information content (AvgIpc) is 2.63. The van der Waals surface area contributed by atoms with Gasteiger partial charge in [-0.25, -0.2) is 17.2 Å². The van der Waals surface area contributed by atoms with Crippen molar-refractivity contribution < 1.29 is 17.2 Å². The lowest BCUT2D eigenvalue weighted by atomic mass is 10.3. The first-order valence-electron chi connectivity index (χ1n) is 4.67. The maximum absolute atomic E-state index is 13.4. The number of hydrogen-bond acceptors (Lipinski definition) is 4. The van der Waals surface area contributed by atoms with Gasteiger partial charge in [0.2, 0.25) is 0 Å². The molecule has 0 amide bonds. The summed E-state index contributed by atoms with van der Waals surface area (Å²) in [5.41, 5.74) is 5.47. The van der Waals surface area contributed by atoms with Gasteiger partial charge in [-0.15, -0.1) is 0 Å². The zero-order valence-electron chi connectivity index (χ0n) is 8.81. The smallest absolute Gasteiger partial charge is 0.266 e. The van der Waals surface area contributed by atoms with Crippen molar-refractivity contribution in [1.29, 1.82) is 0 Å². The average molecular weight is 274 g/mol. The largest absolute Gasteiger partial charge is 0.394 e. The molecule has 0 unspecified atom stereocenters. The quantitative estimate of drug-likeness (QED) is 0.779. The van der Waals surface area contributed by atoms with Crippen molar-refractivity contribution in [3.05, 3.63) is 36.0 Å². The Hall–Kier alpha value is -2.16. The summed E-state index contributed by atoms with van der Waals surface area (Å²) in [4.78, 5) is -0.682. The van der Waals surface area contributed by atoms with E-state index in [1.165, 1.54) is 6.20 Å². The molecule has 1 heterocycles. The number of nitrogens with two attached hydrogens (primary N) is 1. The fourth-order valence-electron chi connectivity index (χ4n) is 1.26. The summed E-state index contributed by atoms with van der Waals surface area (Å²) in [6.07, 6.45) is 1.19. The Bertz CT molecular complexity index is 684. The van der Waals surface area contributed by atoms with E-state index in [4.69, 9.17) is 5.73 Å². The van der Waals surface area contributed by atoms with Crippen LogP contribution in [0, 0.1) is 11.6 Å². The number of nitrogens with zero attached hydrogens (tertiary/aromatic N) is 1. The normalized spacial score (nSPS) is 11.4. The van der Waals surface area contributed by atoms with Crippen LogP contribution in [-0.2, 0) is 10.0 Å². The van der Waals surface area contributed by atoms with Crippen molar-refractivity contribution in [2.45, 2.75) is 4.90 Å². The van der Waals surface area contributed by atoms with Gasteiger partial charge in [0, 0.05) is 6.07 Å². The second-order valence-corrected chi connectivity index (χ2v) is 5.03. The van der Waals surface area contributed by atoms with Gasteiger partial charge in [-0.05, 0) is 12.1 Å². The highest BCUT2D eigenvalue weighted by molar-refractivity contribution is 7.92. The summed E-state index contributed by atoms with van der Waals surface area (Å²) in [5, 5.41) is 5.81. The third-order valence-electron chi connectivity index (χ3n) is 2.09. The molecular weight excluding hydrogens is 266 g/mol. The predicted molar refractivity (Wildman–Crippen MR) is 60.2 cm³/mol. The summed E-state index contributed by atoms with van der Waals surface area (Å²) in [5.74, 6) is -2.15. The summed E-state index contributed by atoms with van der Waals surface area (Å²) >= 11 is 0. The number of H-pyrrole nitrogens is 1. The van der Waals surface area contributed by atoms with Crippen molar-refractivity contribution in [2.75, 3.05) is 10.5 Å². The van der Waals surface area contributed by atoms with E-state index in [9.17, 15) is 17.2 Å². The van der Waals surface area contributed by atoms with Crippen molar-refractivity contribution in [3.63, 3.8) is 0 Å². The number of anilines is 2. The van der Waals surface area contributed by atoms with Gasteiger partial charge >= 0.3 is 0 Å². The molecule has 2 aromatic rings. The Morgan fingerprint density at radius 1 is 1.33 bits per heavy atom. The second-order valence-electron chi connectivity index (χ2n) is 3.38. The molecule has 0 spiro atoms. The molecule has 0 atom stereocenters. The highest BCUT2D eigenvalue weighted by atomic mass is 32.2. The van der Waals surface area contributed by atoms with E-state index in [1.54, 1.807) is 0 Å². The molecule has 0 radical (unpaired) electrons. The van der Waals surface area contributed by atoms with E-state index in [-0.39, 0.29) is 11.5 Å². The molecule has 0 bridgehead atoms. The zero-order chi connectivity index (χ0) is 13.3. The van der Waals surface area contributed by atoms with Crippen molar-refractivity contribution in [3.8, 4) is 0 Å². The number of benzene rings is 1. The number of rotatable bonds is 3. The number of halogens is 2. The zero-order valence-corrected chi connectivity index (χ0v) is 9.63. The summed E-state index contributed by atoms with van der Waals surface area (Å²) < 4.78 is 51.7. The Morgan fingerprint density at radius 3 is 2.61 bits per heavy atom. The lowest BCUT2D eigenvalue weighted by Crippen LogP contribution is -2.15. The van der Waals surface area contributed by atoms with Crippen molar-refractivity contribution >= 4 is 21.5 Å². The molecule has 18 heavy (non-hydrogen) atoms. The Kier molecular flexibility index (Phi) is 2.91. The van der Waals surface area contributed by atoms with Crippen LogP contribution < -0.4 is 10.5 Å². The maximum atomic E-state index is 13.4. The van der Waals surface area contributed by atoms with Crippen LogP contribution in [0.3, 0.4) is 0 Å². The van der Waals surface area contributed by atoms with E-state index >= 15 is 0 Å². The van der Waals surface area contributed by atoms with Gasteiger partial charge in [-0.2, -0.15) is 5.10 Å². The minimum absolute atomic E-state index is 0.0566. The first-order valence-corrected chi connectivity index (χ1v) is 6.15. The third-order valence-corrected chi connectivity index (χ3v) is 3.47. The molecule has 0 saturated heterocycles. The molecule has 0 fully saturated rings. The molecule has 4 N–H and O–H groups in total. The maximum Gasteiger partial charge on any atom is 0.266 e. The standard InChI is InChI=1S/C9H8F2N4O2S/c10-5-1-2-8(6(11)3-5)18(16,17)15-9-7(12)4-13-14-9/h1-4H,12H2,(H2,13,14,15). The van der Waals surface area contributed by atoms with Crippen LogP contribution in [0.5, 0.6) is 0 Å². The fourth-order valence-corrected chi connectivity index (χ4v) is 2.36. The lowest BCUT2D eigenvalue weighted by molar-refractivity contribution is 0.551. The minimum atomic E-state index is -4.20. The summed E-state index contributed by atoms with van der Waals surface area (Å²) in [6.45, 7) is 0. The Labute approximate surface area is 101 Å². The van der Waals surface area contributed by atoms with Crippen molar-refractivity contribution in [2.24, 2.45) is 0 Å². The number of aromatic amines is 1. The van der Waals surface area contributed by atoms with Crippen LogP contribution in [0.4, 0.5) is 20.3 Å². The van der Waals surface area contributed by atoms with E-state index in [2.05, 4.69) is 10.2 Å². The fraction of sp³-hybridized carbons (Fsp3) is 0. The van der Waals surface area contributed by atoms with Gasteiger partial charge in [-0.3, -0.25) is 9.82 Å². The molecule has 1 aromatic carbocycles. The molecule has 0 aliphatic heterocycles. The van der Waals surface area contributed by atoms with E-state index in [0.29, 0.717) is 6.07 Å². The predicted octanol–water partition coefficient (Wildman–Crippen LogP) is 1.07. The summed E-state index contributed by atoms with van der Waals surface area (Å²) in [7, 11) is -4.20. The Balaban J connectivity index is 2.40. The number of sulfonamides is 1. The first kappa shape index (κ1) is 12.3. The molecule has 9 heteroatoms. The third kappa shape index (κ3) is 2.25. The molecule has 0 aliphatic rings. The molecule has 1 aromatic heterocycles. The van der Waals surface area contributed by atoms with Gasteiger partial charge in [0.15, 0.2) is 5.82 Å². The van der Waals surface area contributed by atoms with Crippen LogP contribution >= 0.6 is 0 Å². The van der Waals surface area contributed by atoms with Gasteiger partial charge < -0.3 is 5.73 Å². The number of nitrogen functional groups attached to an aromatic ring is 1. The van der Waals surface area contributed by atoms with Crippen LogP contribution in [0.1, 0.15) is 0 Å². The van der Waals surface area contributed by atoms with E-state index in [1.807, 2.05) is 4.72 Å². The molecule has 2 rings (SSSR count). The van der Waals surface area contributed by atoms with Gasteiger partial charge in [0.05, 0.1) is 11.9 Å². The number of aromatic nitrogens is 2. The Morgan fingerprint density at radius 2 is 2.06 bits per heavy atom. The molecule has 96 valence electrons. The van der Waals surface area contributed by atoms with Gasteiger partial charge in [-0.1, -0.05) is 0 Å². The first-order chi connectivity index (χ1) is 8.40. The highest BCUT2D eigenvalue weighted by Gasteiger charge is 2.21. The van der Waals surface area contributed by atoms with Crippen LogP contribution in [0.2, 0.25) is 0 Å². The molecular formula is C9H8F2N4O2S. The molecule has 0 saturated carbocycles. The molecule has 6 nitrogen and oxygen atoms in total. The number of nitrogens with one attached hydrogen (secondary N) is 2. The van der Waals surface area contributed by atoms with Gasteiger partial charge in [0.25, 0.3) is 10.0 Å². The monoisotopic (exact) mass is 274 g/mol. The van der Waals surface area contributed by atoms with E-state index in [0.717, 1.165) is 12.1 Å². The van der Waals surface area contributed by atoms with Crippen LogP contribution in [-0.4, -0.2) is 18.6 Å². The number of hydrogen-bond donors (Lipinski definition) is 3. The van der Waals surface area contributed by atoms with E-state index < -0.39 is 26.6 Å². The molecule has 0 aliphatic carbocycles. The SMILES string of the molecule is Nc1cn[nH]c1NS(=O)(=O)c1ccc(F)cc1F.